The maximum atomic E-state index is 12.8. The molecule has 1 aromatic rings. The molecular weight excluding hydrogens is 500 g/mol. The lowest BCUT2D eigenvalue weighted by atomic mass is 9.69. The van der Waals surface area contributed by atoms with Gasteiger partial charge in [-0.3, -0.25) is 14.9 Å². The van der Waals surface area contributed by atoms with Crippen LogP contribution in [-0.4, -0.2) is 34.2 Å². The van der Waals surface area contributed by atoms with Crippen LogP contribution in [0.1, 0.15) is 150 Å². The number of nitrogens with zero attached hydrogens (tertiary/aromatic N) is 1. The van der Waals surface area contributed by atoms with Crippen molar-refractivity contribution in [2.75, 3.05) is 0 Å². The fourth-order valence-corrected chi connectivity index (χ4v) is 6.10. The number of piperidine rings is 1. The Bertz CT molecular complexity index is 878. The lowest BCUT2D eigenvalue weighted by Gasteiger charge is -2.59. The van der Waals surface area contributed by atoms with Gasteiger partial charge in [-0.25, -0.2) is 4.79 Å². The van der Waals surface area contributed by atoms with Crippen molar-refractivity contribution < 1.29 is 19.2 Å². The third-order valence-electron chi connectivity index (χ3n) is 9.40. The summed E-state index contributed by atoms with van der Waals surface area (Å²) in [5.41, 5.74) is 0.452. The molecule has 1 heterocycles. The van der Waals surface area contributed by atoms with Gasteiger partial charge in [-0.1, -0.05) is 116 Å². The Hall–Kier alpha value is -1.92. The summed E-state index contributed by atoms with van der Waals surface area (Å²) >= 11 is 0. The van der Waals surface area contributed by atoms with E-state index in [4.69, 9.17) is 9.57 Å². The summed E-state index contributed by atoms with van der Waals surface area (Å²) in [4.78, 5) is 31.9. The number of imide groups is 1. The fraction of sp³-hybridized carbons (Fsp3) is 0.765. The van der Waals surface area contributed by atoms with Crippen molar-refractivity contribution >= 4 is 12.0 Å². The zero-order valence-electron chi connectivity index (χ0n) is 26.6. The Balaban J connectivity index is 1.87. The third kappa shape index (κ3) is 9.87. The number of benzene rings is 1. The highest BCUT2D eigenvalue weighted by atomic mass is 16.7. The molecule has 0 aromatic heterocycles. The van der Waals surface area contributed by atoms with Crippen LogP contribution in [0.15, 0.2) is 30.3 Å². The monoisotopic (exact) mass is 558 g/mol. The van der Waals surface area contributed by atoms with Crippen LogP contribution >= 0.6 is 0 Å². The molecule has 6 heteroatoms. The van der Waals surface area contributed by atoms with Gasteiger partial charge in [0.1, 0.15) is 12.2 Å². The standard InChI is InChI=1S/C34H58N2O4/c1-8-11-12-13-14-15-16-17-18-22-25-31(37)35-32(38)39-30-26-33(6,9-2)36(34(7,10-3)27(30)4)40-28(5)29-23-20-19-21-24-29/h19-21,23-24,27-28,30H,8-18,22,25-26H2,1-7H3,(H,35,37,38). The number of alkyl carbamates (subject to hydrolysis) is 1. The second-order valence-corrected chi connectivity index (χ2v) is 12.4. The topological polar surface area (TPSA) is 67.9 Å². The van der Waals surface area contributed by atoms with Crippen LogP contribution in [0.4, 0.5) is 4.79 Å². The van der Waals surface area contributed by atoms with E-state index in [0.29, 0.717) is 12.8 Å². The maximum Gasteiger partial charge on any atom is 0.414 e. The number of unbranched alkanes of at least 4 members (excludes halogenated alkanes) is 9. The van der Waals surface area contributed by atoms with E-state index in [0.717, 1.165) is 37.7 Å². The first-order valence-electron chi connectivity index (χ1n) is 16.1. The zero-order valence-corrected chi connectivity index (χ0v) is 26.6. The summed E-state index contributed by atoms with van der Waals surface area (Å²) in [5.74, 6) is -0.228. The number of rotatable bonds is 17. The first-order chi connectivity index (χ1) is 19.1. The van der Waals surface area contributed by atoms with Crippen LogP contribution in [0.25, 0.3) is 0 Å². The Labute approximate surface area is 244 Å². The summed E-state index contributed by atoms with van der Waals surface area (Å²) in [6.45, 7) is 15.2. The van der Waals surface area contributed by atoms with Crippen molar-refractivity contribution in [1.29, 1.82) is 0 Å². The van der Waals surface area contributed by atoms with Crippen LogP contribution in [0.3, 0.4) is 0 Å². The minimum Gasteiger partial charge on any atom is -0.446 e. The van der Waals surface area contributed by atoms with Crippen molar-refractivity contribution in [3.05, 3.63) is 35.9 Å². The minimum absolute atomic E-state index is 0.0166. The van der Waals surface area contributed by atoms with Gasteiger partial charge >= 0.3 is 6.09 Å². The molecule has 1 aromatic carbocycles. The summed E-state index contributed by atoms with van der Waals surface area (Å²) in [6, 6.07) is 10.3. The molecule has 1 fully saturated rings. The van der Waals surface area contributed by atoms with Gasteiger partial charge in [0, 0.05) is 29.8 Å². The van der Waals surface area contributed by atoms with Gasteiger partial charge in [0.15, 0.2) is 0 Å². The van der Waals surface area contributed by atoms with Crippen LogP contribution in [0.2, 0.25) is 0 Å². The Morgan fingerprint density at radius 1 is 0.925 bits per heavy atom. The predicted molar refractivity (Wildman–Crippen MR) is 164 cm³/mol. The number of hydrogen-bond acceptors (Lipinski definition) is 5. The molecular formula is C34H58N2O4. The number of amides is 2. The van der Waals surface area contributed by atoms with Crippen molar-refractivity contribution in [2.24, 2.45) is 5.92 Å². The largest absolute Gasteiger partial charge is 0.446 e. The molecule has 5 atom stereocenters. The maximum absolute atomic E-state index is 12.8. The van der Waals surface area contributed by atoms with E-state index in [1.54, 1.807) is 0 Å². The molecule has 5 unspecified atom stereocenters. The third-order valence-corrected chi connectivity index (χ3v) is 9.40. The number of carbonyl (C=O) groups is 2. The number of nitrogens with one attached hydrogen (secondary N) is 1. The normalized spacial score (nSPS) is 25.9. The molecule has 0 radical (unpaired) electrons. The number of hydroxylamine groups is 2. The quantitative estimate of drug-likeness (QED) is 0.193. The van der Waals surface area contributed by atoms with E-state index < -0.39 is 6.09 Å². The van der Waals surface area contributed by atoms with Gasteiger partial charge in [-0.15, -0.1) is 0 Å². The molecule has 1 N–H and O–H groups in total. The first kappa shape index (κ1) is 34.3. The van der Waals surface area contributed by atoms with Crippen LogP contribution in [-0.2, 0) is 14.4 Å². The van der Waals surface area contributed by atoms with Crippen LogP contribution in [0, 0.1) is 5.92 Å². The minimum atomic E-state index is -0.627. The summed E-state index contributed by atoms with van der Waals surface area (Å²) < 4.78 is 5.95. The van der Waals surface area contributed by atoms with E-state index in [9.17, 15) is 9.59 Å². The number of ether oxygens (including phenoxy) is 1. The highest BCUT2D eigenvalue weighted by Crippen LogP contribution is 2.48. The molecule has 1 aliphatic heterocycles. The molecule has 228 valence electrons. The summed E-state index contributed by atoms with van der Waals surface area (Å²) in [7, 11) is 0. The lowest BCUT2D eigenvalue weighted by Crippen LogP contribution is -2.68. The molecule has 0 aliphatic carbocycles. The molecule has 1 aliphatic rings. The van der Waals surface area contributed by atoms with Gasteiger partial charge in [-0.2, -0.15) is 5.06 Å². The molecule has 0 saturated carbocycles. The molecule has 2 rings (SSSR count). The Kier molecular flexibility index (Phi) is 14.7. The average Bonchev–Trinajstić information content (AvgIpc) is 2.95. The van der Waals surface area contributed by atoms with Crippen LogP contribution < -0.4 is 5.32 Å². The Morgan fingerprint density at radius 3 is 2.05 bits per heavy atom. The van der Waals surface area contributed by atoms with E-state index in [-0.39, 0.29) is 35.1 Å². The molecule has 0 spiro atoms. The Morgan fingerprint density at radius 2 is 1.50 bits per heavy atom. The molecule has 1 saturated heterocycles. The molecule has 2 amide bonds. The van der Waals surface area contributed by atoms with Gasteiger partial charge in [0.2, 0.25) is 5.91 Å². The van der Waals surface area contributed by atoms with E-state index in [1.165, 1.54) is 44.9 Å². The van der Waals surface area contributed by atoms with Gasteiger partial charge < -0.3 is 4.74 Å². The smallest absolute Gasteiger partial charge is 0.414 e. The van der Waals surface area contributed by atoms with Gasteiger partial charge in [-0.05, 0) is 45.6 Å². The summed E-state index contributed by atoms with van der Waals surface area (Å²) in [6.07, 6.45) is 13.8. The second kappa shape index (κ2) is 17.1. The second-order valence-electron chi connectivity index (χ2n) is 12.4. The fourth-order valence-electron chi connectivity index (χ4n) is 6.10. The van der Waals surface area contributed by atoms with Crippen LogP contribution in [0.5, 0.6) is 0 Å². The number of carbonyl (C=O) groups excluding carboxylic acids is 2. The predicted octanol–water partition coefficient (Wildman–Crippen LogP) is 9.29. The van der Waals surface area contributed by atoms with Gasteiger partial charge in [0.05, 0.1) is 0 Å². The highest BCUT2D eigenvalue weighted by Gasteiger charge is 2.55. The molecule has 40 heavy (non-hydrogen) atoms. The summed E-state index contributed by atoms with van der Waals surface area (Å²) in [5, 5.41) is 4.68. The zero-order chi connectivity index (χ0) is 29.6. The van der Waals surface area contributed by atoms with Gasteiger partial charge in [0.25, 0.3) is 0 Å². The van der Waals surface area contributed by atoms with E-state index in [2.05, 4.69) is 71.0 Å². The first-order valence-corrected chi connectivity index (χ1v) is 16.1. The highest BCUT2D eigenvalue weighted by molar-refractivity contribution is 5.91. The number of hydrogen-bond donors (Lipinski definition) is 1. The molecule has 6 nitrogen and oxygen atoms in total. The van der Waals surface area contributed by atoms with E-state index >= 15 is 0 Å². The SMILES string of the molecule is CCCCCCCCCCCCC(=O)NC(=O)OC1CC(C)(CC)N(OC(C)c2ccccc2)C(C)(CC)C1C. The molecule has 0 bridgehead atoms. The van der Waals surface area contributed by atoms with E-state index in [1.807, 2.05) is 18.2 Å². The average molecular weight is 559 g/mol. The van der Waals surface area contributed by atoms with Crippen molar-refractivity contribution in [1.82, 2.24) is 10.4 Å². The lowest BCUT2D eigenvalue weighted by molar-refractivity contribution is -0.335. The van der Waals surface area contributed by atoms with Crippen molar-refractivity contribution in [3.63, 3.8) is 0 Å². The van der Waals surface area contributed by atoms with Crippen molar-refractivity contribution in [2.45, 2.75) is 162 Å². The van der Waals surface area contributed by atoms with Crippen molar-refractivity contribution in [3.8, 4) is 0 Å².